The highest BCUT2D eigenvalue weighted by molar-refractivity contribution is 6.31. The molecule has 2 saturated heterocycles. The van der Waals surface area contributed by atoms with E-state index in [-0.39, 0.29) is 35.7 Å². The molecule has 2 heterocycles. The molecule has 0 N–H and O–H groups in total. The number of hydrogen-bond acceptors (Lipinski definition) is 3. The van der Waals surface area contributed by atoms with Gasteiger partial charge in [-0.15, -0.1) is 0 Å². The first kappa shape index (κ1) is 22.8. The second-order valence-corrected chi connectivity index (χ2v) is 9.38. The Bertz CT molecular complexity index is 1170. The number of carbonyl (C=O) groups excluding carboxylic acids is 1. The molecule has 3 aromatic carbocycles. The van der Waals surface area contributed by atoms with E-state index in [4.69, 9.17) is 16.3 Å². The first-order valence-corrected chi connectivity index (χ1v) is 11.8. The van der Waals surface area contributed by atoms with Gasteiger partial charge in [0.25, 0.3) is 0 Å². The zero-order chi connectivity index (χ0) is 23.8. The van der Waals surface area contributed by atoms with E-state index < -0.39 is 0 Å². The number of halogens is 3. The van der Waals surface area contributed by atoms with Crippen LogP contribution in [-0.4, -0.2) is 40.9 Å². The number of carbonyl (C=O) groups is 1. The van der Waals surface area contributed by atoms with Crippen molar-refractivity contribution in [2.24, 2.45) is 0 Å². The summed E-state index contributed by atoms with van der Waals surface area (Å²) in [7, 11) is 0. The second-order valence-electron chi connectivity index (χ2n) is 8.97. The van der Waals surface area contributed by atoms with Crippen molar-refractivity contribution in [2.45, 2.75) is 37.9 Å². The highest BCUT2D eigenvalue weighted by atomic mass is 35.5. The van der Waals surface area contributed by atoms with Crippen molar-refractivity contribution in [2.75, 3.05) is 13.1 Å². The van der Waals surface area contributed by atoms with Gasteiger partial charge in [-0.2, -0.15) is 0 Å². The third kappa shape index (κ3) is 4.52. The first-order chi connectivity index (χ1) is 16.4. The Hall–Kier alpha value is -2.96. The Kier molecular flexibility index (Phi) is 6.28. The summed E-state index contributed by atoms with van der Waals surface area (Å²) in [5, 5.41) is 0.440. The van der Waals surface area contributed by atoms with Gasteiger partial charge in [0.1, 0.15) is 23.1 Å². The Morgan fingerprint density at radius 2 is 1.68 bits per heavy atom. The molecule has 5 rings (SSSR count). The van der Waals surface area contributed by atoms with Gasteiger partial charge < -0.3 is 9.64 Å². The van der Waals surface area contributed by atoms with Crippen LogP contribution in [0.25, 0.3) is 0 Å². The highest BCUT2D eigenvalue weighted by Crippen LogP contribution is 2.39. The van der Waals surface area contributed by atoms with Crippen LogP contribution in [0.3, 0.4) is 0 Å². The van der Waals surface area contributed by atoms with Crippen LogP contribution in [0.5, 0.6) is 11.5 Å². The van der Waals surface area contributed by atoms with Crippen molar-refractivity contribution >= 4 is 17.5 Å². The molecule has 3 aromatic rings. The zero-order valence-corrected chi connectivity index (χ0v) is 19.5. The molecule has 0 radical (unpaired) electrons. The predicted octanol–water partition coefficient (Wildman–Crippen LogP) is 6.00. The van der Waals surface area contributed by atoms with Gasteiger partial charge in [0.15, 0.2) is 0 Å². The number of nitrogens with zero attached hydrogens (tertiary/aromatic N) is 2. The molecule has 0 saturated carbocycles. The largest absolute Gasteiger partial charge is 0.457 e. The van der Waals surface area contributed by atoms with Gasteiger partial charge in [0.2, 0.25) is 5.91 Å². The van der Waals surface area contributed by atoms with Crippen molar-refractivity contribution in [1.29, 1.82) is 0 Å². The molecule has 7 heteroatoms. The van der Waals surface area contributed by atoms with E-state index >= 15 is 0 Å². The minimum absolute atomic E-state index is 0.0935. The summed E-state index contributed by atoms with van der Waals surface area (Å²) in [5.41, 5.74) is 1.43. The molecule has 4 nitrogen and oxygen atoms in total. The quantitative estimate of drug-likeness (QED) is 0.432. The molecule has 2 fully saturated rings. The topological polar surface area (TPSA) is 32.8 Å². The highest BCUT2D eigenvalue weighted by Gasteiger charge is 2.47. The maximum Gasteiger partial charge on any atom is 0.227 e. The lowest BCUT2D eigenvalue weighted by Gasteiger charge is -2.38. The van der Waals surface area contributed by atoms with E-state index in [1.165, 1.54) is 18.2 Å². The van der Waals surface area contributed by atoms with Crippen LogP contribution < -0.4 is 4.74 Å². The van der Waals surface area contributed by atoms with Gasteiger partial charge >= 0.3 is 0 Å². The lowest BCUT2D eigenvalue weighted by molar-refractivity contribution is -0.133. The standard InChI is InChI=1S/C27H25ClF2N2O2/c1-17(27-24(28)3-2-4-25(27)30)31-15-21-14-20(31)16-32(21)26(33)13-18-5-9-22(10-6-18)34-23-11-7-19(29)8-12-23/h2-12,17,20-21H,13-16H2,1H3. The number of amides is 1. The molecule has 0 aliphatic carbocycles. The number of ether oxygens (including phenoxy) is 1. The summed E-state index contributed by atoms with van der Waals surface area (Å²) >= 11 is 6.28. The minimum Gasteiger partial charge on any atom is -0.457 e. The third-order valence-electron chi connectivity index (χ3n) is 6.85. The Morgan fingerprint density at radius 1 is 1.00 bits per heavy atom. The van der Waals surface area contributed by atoms with Gasteiger partial charge in [0.05, 0.1) is 6.42 Å². The monoisotopic (exact) mass is 482 g/mol. The molecule has 2 aliphatic rings. The van der Waals surface area contributed by atoms with Crippen LogP contribution in [0, 0.1) is 11.6 Å². The molecular formula is C27H25ClF2N2O2. The summed E-state index contributed by atoms with van der Waals surface area (Å²) in [6.45, 7) is 3.34. The van der Waals surface area contributed by atoms with Crippen LogP contribution in [-0.2, 0) is 11.2 Å². The fourth-order valence-electron chi connectivity index (χ4n) is 5.14. The average Bonchev–Trinajstić information content (AvgIpc) is 3.43. The SMILES string of the molecule is CC(c1c(F)cccc1Cl)N1CC2CC1CN2C(=O)Cc1ccc(Oc2ccc(F)cc2)cc1. The Morgan fingerprint density at radius 3 is 2.29 bits per heavy atom. The first-order valence-electron chi connectivity index (χ1n) is 11.4. The Labute approximate surface area is 202 Å². The van der Waals surface area contributed by atoms with Gasteiger partial charge in [-0.05, 0) is 67.4 Å². The number of piperazine rings is 1. The van der Waals surface area contributed by atoms with Crippen molar-refractivity contribution < 1.29 is 18.3 Å². The molecule has 2 bridgehead atoms. The minimum atomic E-state index is -0.314. The van der Waals surface area contributed by atoms with Crippen molar-refractivity contribution in [3.63, 3.8) is 0 Å². The van der Waals surface area contributed by atoms with Gasteiger partial charge in [0, 0.05) is 41.8 Å². The predicted molar refractivity (Wildman–Crippen MR) is 127 cm³/mol. The molecule has 176 valence electrons. The Balaban J connectivity index is 1.18. The van der Waals surface area contributed by atoms with Crippen LogP contribution in [0.1, 0.15) is 30.5 Å². The van der Waals surface area contributed by atoms with Crippen LogP contribution in [0.4, 0.5) is 8.78 Å². The molecule has 0 aromatic heterocycles. The zero-order valence-electron chi connectivity index (χ0n) is 18.8. The summed E-state index contributed by atoms with van der Waals surface area (Å²) in [4.78, 5) is 17.2. The molecule has 1 amide bonds. The average molecular weight is 483 g/mol. The van der Waals surface area contributed by atoms with Gasteiger partial charge in [-0.1, -0.05) is 29.8 Å². The summed E-state index contributed by atoms with van der Waals surface area (Å²) in [5.74, 6) is 0.664. The van der Waals surface area contributed by atoms with Crippen LogP contribution in [0.2, 0.25) is 5.02 Å². The molecule has 3 unspecified atom stereocenters. The second kappa shape index (κ2) is 9.35. The fraction of sp³-hybridized carbons (Fsp3) is 0.296. The summed E-state index contributed by atoms with van der Waals surface area (Å²) in [6.07, 6.45) is 1.21. The number of benzene rings is 3. The molecule has 0 spiro atoms. The normalized spacial score (nSPS) is 20.5. The van der Waals surface area contributed by atoms with Crippen molar-refractivity contribution in [3.8, 4) is 11.5 Å². The lowest BCUT2D eigenvalue weighted by Crippen LogP contribution is -2.49. The maximum absolute atomic E-state index is 14.4. The number of fused-ring (bicyclic) bond motifs is 2. The summed E-state index contributed by atoms with van der Waals surface area (Å²) in [6, 6.07) is 18.2. The number of rotatable bonds is 6. The van der Waals surface area contributed by atoms with Crippen LogP contribution in [0.15, 0.2) is 66.7 Å². The lowest BCUT2D eigenvalue weighted by atomic mass is 10.0. The van der Waals surface area contributed by atoms with E-state index in [2.05, 4.69) is 4.90 Å². The van der Waals surface area contributed by atoms with Crippen molar-refractivity contribution in [3.05, 3.63) is 94.5 Å². The van der Waals surface area contributed by atoms with E-state index in [9.17, 15) is 13.6 Å². The fourth-order valence-corrected chi connectivity index (χ4v) is 5.46. The third-order valence-corrected chi connectivity index (χ3v) is 7.18. The van der Waals surface area contributed by atoms with Crippen molar-refractivity contribution in [1.82, 2.24) is 9.80 Å². The van der Waals surface area contributed by atoms with E-state index in [1.54, 1.807) is 24.3 Å². The van der Waals surface area contributed by atoms with Crippen LogP contribution >= 0.6 is 11.6 Å². The molecule has 34 heavy (non-hydrogen) atoms. The molecule has 3 atom stereocenters. The van der Waals surface area contributed by atoms with E-state index in [1.807, 2.05) is 36.1 Å². The van der Waals surface area contributed by atoms with Gasteiger partial charge in [-0.25, -0.2) is 8.78 Å². The van der Waals surface area contributed by atoms with E-state index in [0.29, 0.717) is 41.6 Å². The van der Waals surface area contributed by atoms with E-state index in [0.717, 1.165) is 12.0 Å². The van der Waals surface area contributed by atoms with Gasteiger partial charge in [-0.3, -0.25) is 9.69 Å². The molecule has 2 aliphatic heterocycles. The number of hydrogen-bond donors (Lipinski definition) is 0. The summed E-state index contributed by atoms with van der Waals surface area (Å²) < 4.78 is 33.2. The number of likely N-dealkylation sites (tertiary alicyclic amines) is 2. The smallest absolute Gasteiger partial charge is 0.227 e. The maximum atomic E-state index is 14.4. The molecular weight excluding hydrogens is 458 g/mol.